The van der Waals surface area contributed by atoms with Crippen molar-refractivity contribution in [2.45, 2.75) is 0 Å². The number of methoxy groups -OCH3 is 1. The monoisotopic (exact) mass is 169 g/mol. The van der Waals surface area contributed by atoms with Crippen LogP contribution in [0.2, 0.25) is 0 Å². The van der Waals surface area contributed by atoms with Gasteiger partial charge in [-0.25, -0.2) is 4.98 Å². The van der Waals surface area contributed by atoms with Crippen LogP contribution in [0.15, 0.2) is 6.20 Å². The number of ether oxygens (including phenoxy) is 1. The molecule has 0 bridgehead atoms. The fourth-order valence-corrected chi connectivity index (χ4v) is 0.636. The molecule has 0 unspecified atom stereocenters. The van der Waals surface area contributed by atoms with Gasteiger partial charge in [0.15, 0.2) is 5.69 Å². The van der Waals surface area contributed by atoms with E-state index in [-0.39, 0.29) is 11.6 Å². The van der Waals surface area contributed by atoms with Crippen LogP contribution in [0, 0.1) is 0 Å². The molecule has 6 nitrogen and oxygen atoms in total. The van der Waals surface area contributed by atoms with E-state index in [0.29, 0.717) is 0 Å². The number of aromatic hydroxyl groups is 1. The predicted octanol–water partition coefficient (Wildman–Crippen LogP) is -0.710. The number of primary amides is 1. The maximum atomic E-state index is 10.5. The Kier molecular flexibility index (Phi) is 2.09. The van der Waals surface area contributed by atoms with Crippen LogP contribution in [0.1, 0.15) is 10.5 Å². The van der Waals surface area contributed by atoms with Gasteiger partial charge < -0.3 is 15.6 Å². The van der Waals surface area contributed by atoms with E-state index in [1.165, 1.54) is 13.3 Å². The van der Waals surface area contributed by atoms with E-state index in [0.717, 1.165) is 0 Å². The number of hydrogen-bond acceptors (Lipinski definition) is 5. The van der Waals surface area contributed by atoms with Gasteiger partial charge in [0, 0.05) is 0 Å². The summed E-state index contributed by atoms with van der Waals surface area (Å²) in [4.78, 5) is 17.6. The van der Waals surface area contributed by atoms with Gasteiger partial charge in [0.1, 0.15) is 0 Å². The third kappa shape index (κ3) is 1.42. The number of rotatable bonds is 2. The minimum Gasteiger partial charge on any atom is -0.492 e. The van der Waals surface area contributed by atoms with Crippen molar-refractivity contribution >= 4 is 5.91 Å². The molecular formula is C6H7N3O3. The highest BCUT2D eigenvalue weighted by molar-refractivity contribution is 5.92. The van der Waals surface area contributed by atoms with Gasteiger partial charge in [-0.05, 0) is 0 Å². The van der Waals surface area contributed by atoms with Gasteiger partial charge in [-0.3, -0.25) is 4.79 Å². The molecule has 0 saturated carbocycles. The van der Waals surface area contributed by atoms with Gasteiger partial charge in [0.2, 0.25) is 11.8 Å². The van der Waals surface area contributed by atoms with Crippen LogP contribution in [-0.2, 0) is 0 Å². The van der Waals surface area contributed by atoms with E-state index < -0.39 is 11.8 Å². The van der Waals surface area contributed by atoms with Gasteiger partial charge in [-0.1, -0.05) is 0 Å². The molecule has 0 aliphatic rings. The summed E-state index contributed by atoms with van der Waals surface area (Å²) in [7, 11) is 1.37. The lowest BCUT2D eigenvalue weighted by molar-refractivity contribution is 0.0991. The molecule has 0 spiro atoms. The zero-order chi connectivity index (χ0) is 9.14. The van der Waals surface area contributed by atoms with Gasteiger partial charge in [-0.2, -0.15) is 4.98 Å². The fraction of sp³-hybridized carbons (Fsp3) is 0.167. The molecule has 1 rings (SSSR count). The zero-order valence-electron chi connectivity index (χ0n) is 6.31. The van der Waals surface area contributed by atoms with Crippen LogP contribution in [0.3, 0.4) is 0 Å². The molecule has 1 aromatic heterocycles. The van der Waals surface area contributed by atoms with Gasteiger partial charge in [-0.15, -0.1) is 0 Å². The Morgan fingerprint density at radius 1 is 1.75 bits per heavy atom. The smallest absolute Gasteiger partial charge is 0.272 e. The van der Waals surface area contributed by atoms with E-state index in [1.807, 2.05) is 0 Å². The number of carbonyl (C=O) groups is 1. The second kappa shape index (κ2) is 3.04. The summed E-state index contributed by atoms with van der Waals surface area (Å²) in [6, 6.07) is 0. The molecule has 0 aliphatic heterocycles. The second-order valence-corrected chi connectivity index (χ2v) is 1.95. The Labute approximate surface area is 68.0 Å². The van der Waals surface area contributed by atoms with Crippen LogP contribution in [0.5, 0.6) is 11.8 Å². The van der Waals surface area contributed by atoms with Gasteiger partial charge in [0.05, 0.1) is 13.3 Å². The lowest BCUT2D eigenvalue weighted by Gasteiger charge is -2.00. The molecule has 0 fully saturated rings. The maximum absolute atomic E-state index is 10.5. The highest BCUT2D eigenvalue weighted by Crippen LogP contribution is 2.13. The fourth-order valence-electron chi connectivity index (χ4n) is 0.636. The Balaban J connectivity index is 3.12. The summed E-state index contributed by atoms with van der Waals surface area (Å²) in [5.41, 5.74) is 4.60. The summed E-state index contributed by atoms with van der Waals surface area (Å²) in [5.74, 6) is -1.23. The standard InChI is InChI=1S/C6H7N3O3/c1-12-3-2-8-4(5(7)10)6(11)9-3/h2H,1H3,(H2,7,10)(H,9,11). The topological polar surface area (TPSA) is 98.3 Å². The van der Waals surface area contributed by atoms with E-state index >= 15 is 0 Å². The molecule has 6 heteroatoms. The number of nitrogens with two attached hydrogens (primary N) is 1. The first-order chi connectivity index (χ1) is 5.65. The maximum Gasteiger partial charge on any atom is 0.272 e. The first-order valence-corrected chi connectivity index (χ1v) is 3.05. The van der Waals surface area contributed by atoms with Crippen LogP contribution in [0.25, 0.3) is 0 Å². The molecule has 64 valence electrons. The molecule has 1 aromatic rings. The quantitative estimate of drug-likeness (QED) is 0.609. The van der Waals surface area contributed by atoms with Crippen molar-refractivity contribution < 1.29 is 14.6 Å². The highest BCUT2D eigenvalue weighted by Gasteiger charge is 2.11. The van der Waals surface area contributed by atoms with Crippen LogP contribution >= 0.6 is 0 Å². The Morgan fingerprint density at radius 2 is 2.42 bits per heavy atom. The number of aromatic nitrogens is 2. The van der Waals surface area contributed by atoms with Crippen molar-refractivity contribution in [1.82, 2.24) is 9.97 Å². The molecule has 0 atom stereocenters. The van der Waals surface area contributed by atoms with Crippen LogP contribution in [-0.4, -0.2) is 28.1 Å². The summed E-state index contributed by atoms with van der Waals surface area (Å²) in [6.07, 6.45) is 1.19. The number of carbonyl (C=O) groups excluding carboxylic acids is 1. The molecule has 12 heavy (non-hydrogen) atoms. The molecule has 0 saturated heterocycles. The number of nitrogens with zero attached hydrogens (tertiary/aromatic N) is 2. The first kappa shape index (κ1) is 8.25. The zero-order valence-corrected chi connectivity index (χ0v) is 6.31. The van der Waals surface area contributed by atoms with Crippen molar-refractivity contribution in [3.8, 4) is 11.8 Å². The van der Waals surface area contributed by atoms with E-state index in [1.54, 1.807) is 0 Å². The number of amides is 1. The third-order valence-electron chi connectivity index (χ3n) is 1.17. The van der Waals surface area contributed by atoms with Crippen molar-refractivity contribution in [1.29, 1.82) is 0 Å². The van der Waals surface area contributed by atoms with Gasteiger partial charge >= 0.3 is 0 Å². The molecule has 3 N–H and O–H groups in total. The minimum absolute atomic E-state index is 0.123. The lowest BCUT2D eigenvalue weighted by atomic mass is 10.4. The van der Waals surface area contributed by atoms with Gasteiger partial charge in [0.25, 0.3) is 5.91 Å². The van der Waals surface area contributed by atoms with Crippen LogP contribution < -0.4 is 10.5 Å². The molecule has 0 aliphatic carbocycles. The van der Waals surface area contributed by atoms with Crippen molar-refractivity contribution in [2.75, 3.05) is 7.11 Å². The SMILES string of the molecule is COc1cnc(C(N)=O)c(O)n1. The Hall–Kier alpha value is -1.85. The van der Waals surface area contributed by atoms with Crippen molar-refractivity contribution in [3.63, 3.8) is 0 Å². The first-order valence-electron chi connectivity index (χ1n) is 3.05. The lowest BCUT2D eigenvalue weighted by Crippen LogP contribution is -2.13. The molecule has 1 amide bonds. The van der Waals surface area contributed by atoms with E-state index in [9.17, 15) is 4.79 Å². The average Bonchev–Trinajstić information content (AvgIpc) is 2.03. The second-order valence-electron chi connectivity index (χ2n) is 1.95. The summed E-state index contributed by atoms with van der Waals surface area (Å²) >= 11 is 0. The summed E-state index contributed by atoms with van der Waals surface area (Å²) < 4.78 is 4.64. The summed E-state index contributed by atoms with van der Waals surface area (Å²) in [5, 5.41) is 9.04. The highest BCUT2D eigenvalue weighted by atomic mass is 16.5. The average molecular weight is 169 g/mol. The van der Waals surface area contributed by atoms with Crippen molar-refractivity contribution in [2.24, 2.45) is 5.73 Å². The van der Waals surface area contributed by atoms with Crippen molar-refractivity contribution in [3.05, 3.63) is 11.9 Å². The Morgan fingerprint density at radius 3 is 2.83 bits per heavy atom. The third-order valence-corrected chi connectivity index (χ3v) is 1.17. The molecular weight excluding hydrogens is 162 g/mol. The predicted molar refractivity (Wildman–Crippen MR) is 38.8 cm³/mol. The molecule has 1 heterocycles. The largest absolute Gasteiger partial charge is 0.492 e. The molecule has 0 aromatic carbocycles. The van der Waals surface area contributed by atoms with E-state index in [2.05, 4.69) is 14.7 Å². The van der Waals surface area contributed by atoms with Crippen LogP contribution in [0.4, 0.5) is 0 Å². The Bertz CT molecular complexity index is 313. The number of hydrogen-bond donors (Lipinski definition) is 2. The minimum atomic E-state index is -0.831. The van der Waals surface area contributed by atoms with E-state index in [4.69, 9.17) is 10.8 Å². The summed E-state index contributed by atoms with van der Waals surface area (Å²) in [6.45, 7) is 0. The molecule has 0 radical (unpaired) electrons. The normalized spacial score (nSPS) is 9.42.